The first-order chi connectivity index (χ1) is 12.5. The molecule has 1 fully saturated rings. The number of hydrogen-bond acceptors (Lipinski definition) is 3. The summed E-state index contributed by atoms with van der Waals surface area (Å²) in [4.78, 5) is 30.8. The molecule has 4 nitrogen and oxygen atoms in total. The number of nitrogens with zero attached hydrogens (tertiary/aromatic N) is 1. The Labute approximate surface area is 157 Å². The summed E-state index contributed by atoms with van der Waals surface area (Å²) in [5.74, 6) is -0.0608. The summed E-state index contributed by atoms with van der Waals surface area (Å²) in [7, 11) is 0. The van der Waals surface area contributed by atoms with Crippen LogP contribution in [0.1, 0.15) is 44.4 Å². The topological polar surface area (TPSA) is 58.5 Å². The van der Waals surface area contributed by atoms with E-state index < -0.39 is 5.41 Å². The predicted octanol–water partition coefficient (Wildman–Crippen LogP) is 4.06. The molecule has 1 saturated carbocycles. The van der Waals surface area contributed by atoms with Crippen LogP contribution in [-0.4, -0.2) is 17.5 Å². The van der Waals surface area contributed by atoms with Gasteiger partial charge in [-0.05, 0) is 50.3 Å². The van der Waals surface area contributed by atoms with Crippen LogP contribution in [0.4, 0.5) is 0 Å². The molecule has 1 aromatic rings. The Morgan fingerprint density at radius 2 is 2.08 bits per heavy atom. The lowest BCUT2D eigenvalue weighted by molar-refractivity contribution is -0.123. The molecular formula is C21H22N2O2S. The van der Waals surface area contributed by atoms with Gasteiger partial charge in [-0.15, -0.1) is 11.3 Å². The zero-order valence-electron chi connectivity index (χ0n) is 15.0. The third-order valence-corrected chi connectivity index (χ3v) is 6.92. The lowest BCUT2D eigenvalue weighted by Crippen LogP contribution is -2.35. The molecule has 2 heterocycles. The molecule has 0 bridgehead atoms. The largest absolute Gasteiger partial charge is 0.325 e. The van der Waals surface area contributed by atoms with Gasteiger partial charge in [-0.3, -0.25) is 9.59 Å². The van der Waals surface area contributed by atoms with Gasteiger partial charge in [0, 0.05) is 22.1 Å². The Morgan fingerprint density at radius 3 is 2.77 bits per heavy atom. The lowest BCUT2D eigenvalue weighted by atomic mass is 9.83. The number of carbonyl (C=O) groups is 2. The fourth-order valence-electron chi connectivity index (χ4n) is 4.11. The highest BCUT2D eigenvalue weighted by Gasteiger charge is 2.43. The highest BCUT2D eigenvalue weighted by molar-refractivity contribution is 7.10. The van der Waals surface area contributed by atoms with Crippen LogP contribution in [-0.2, 0) is 15.0 Å². The van der Waals surface area contributed by atoms with Gasteiger partial charge < -0.3 is 5.32 Å². The zero-order chi connectivity index (χ0) is 18.3. The maximum Gasteiger partial charge on any atom is 0.257 e. The molecule has 0 saturated heterocycles. The van der Waals surface area contributed by atoms with Crippen molar-refractivity contribution in [2.45, 2.75) is 44.9 Å². The van der Waals surface area contributed by atoms with Crippen LogP contribution in [0, 0.1) is 5.92 Å². The third kappa shape index (κ3) is 2.71. The first-order valence-corrected chi connectivity index (χ1v) is 9.95. The molecule has 134 valence electrons. The maximum atomic E-state index is 13.1. The van der Waals surface area contributed by atoms with Crippen molar-refractivity contribution in [1.82, 2.24) is 5.32 Å². The van der Waals surface area contributed by atoms with E-state index in [0.717, 1.165) is 47.4 Å². The molecule has 26 heavy (non-hydrogen) atoms. The second-order valence-electron chi connectivity index (χ2n) is 7.31. The highest BCUT2D eigenvalue weighted by Crippen LogP contribution is 2.44. The van der Waals surface area contributed by atoms with Crippen LogP contribution in [0.2, 0.25) is 0 Å². The number of nitrogens with one attached hydrogen (secondary N) is 1. The Bertz CT molecular complexity index is 881. The van der Waals surface area contributed by atoms with Gasteiger partial charge in [0.15, 0.2) is 0 Å². The van der Waals surface area contributed by atoms with Gasteiger partial charge in [-0.2, -0.15) is 0 Å². The van der Waals surface area contributed by atoms with E-state index in [1.54, 1.807) is 11.3 Å². The molecule has 1 atom stereocenters. The maximum absolute atomic E-state index is 13.1. The molecule has 1 aromatic heterocycles. The van der Waals surface area contributed by atoms with Gasteiger partial charge in [0.05, 0.1) is 11.1 Å². The molecule has 1 aliphatic heterocycles. The summed E-state index contributed by atoms with van der Waals surface area (Å²) in [6.45, 7) is 3.82. The van der Waals surface area contributed by atoms with Gasteiger partial charge in [-0.25, -0.2) is 4.99 Å². The Morgan fingerprint density at radius 1 is 1.31 bits per heavy atom. The van der Waals surface area contributed by atoms with E-state index in [1.807, 2.05) is 43.5 Å². The molecule has 2 aliphatic carbocycles. The van der Waals surface area contributed by atoms with Crippen molar-refractivity contribution in [1.29, 1.82) is 0 Å². The van der Waals surface area contributed by atoms with Crippen molar-refractivity contribution >= 4 is 28.9 Å². The highest BCUT2D eigenvalue weighted by atomic mass is 32.1. The molecular weight excluding hydrogens is 344 g/mol. The van der Waals surface area contributed by atoms with Gasteiger partial charge in [0.1, 0.15) is 0 Å². The summed E-state index contributed by atoms with van der Waals surface area (Å²) in [6, 6.07) is 4.06. The van der Waals surface area contributed by atoms with Crippen LogP contribution in [0.3, 0.4) is 0 Å². The van der Waals surface area contributed by atoms with Crippen LogP contribution in [0.15, 0.2) is 57.6 Å². The molecule has 4 rings (SSSR count). The molecule has 0 radical (unpaired) electrons. The molecule has 5 heteroatoms. The van der Waals surface area contributed by atoms with E-state index in [9.17, 15) is 9.59 Å². The van der Waals surface area contributed by atoms with Crippen molar-refractivity contribution in [3.05, 3.63) is 57.5 Å². The molecule has 1 N–H and O–H groups in total. The number of hydrogen-bond donors (Lipinski definition) is 1. The van der Waals surface area contributed by atoms with E-state index in [4.69, 9.17) is 0 Å². The number of rotatable bonds is 2. The van der Waals surface area contributed by atoms with E-state index in [2.05, 4.69) is 16.4 Å². The minimum atomic E-state index is -0.466. The summed E-state index contributed by atoms with van der Waals surface area (Å²) in [5, 5.41) is 4.96. The van der Waals surface area contributed by atoms with Gasteiger partial charge in [0.25, 0.3) is 11.8 Å². The van der Waals surface area contributed by atoms with Crippen LogP contribution in [0.5, 0.6) is 0 Å². The SMILES string of the molecule is CC1=C(C)C2C=CC(=NC(=O)C3(c4cccs4)CCCC3)C=C2NC1=O. The van der Waals surface area contributed by atoms with E-state index >= 15 is 0 Å². The minimum absolute atomic E-state index is 0.0574. The molecule has 2 amide bonds. The second kappa shape index (κ2) is 6.47. The smallest absolute Gasteiger partial charge is 0.257 e. The number of aliphatic imine (C=N–C) groups is 1. The number of amides is 2. The first kappa shape index (κ1) is 17.2. The van der Waals surface area contributed by atoms with Crippen LogP contribution >= 0.6 is 11.3 Å². The van der Waals surface area contributed by atoms with Crippen LogP contribution in [0.25, 0.3) is 0 Å². The average Bonchev–Trinajstić information content (AvgIpc) is 3.31. The minimum Gasteiger partial charge on any atom is -0.325 e. The normalized spacial score (nSPS) is 25.9. The van der Waals surface area contributed by atoms with E-state index in [0.29, 0.717) is 5.71 Å². The quantitative estimate of drug-likeness (QED) is 0.858. The summed E-state index contributed by atoms with van der Waals surface area (Å²) < 4.78 is 0. The van der Waals surface area contributed by atoms with E-state index in [1.165, 1.54) is 0 Å². The zero-order valence-corrected chi connectivity index (χ0v) is 15.9. The molecule has 3 aliphatic rings. The standard InChI is InChI=1S/C21H22N2O2S/c1-13-14(2)19(24)23-17-12-15(7-8-16(13)17)22-20(25)21(9-3-4-10-21)18-6-5-11-26-18/h5-8,11-12,16H,3-4,9-10H2,1-2H3,(H,23,24). The fourth-order valence-corrected chi connectivity index (χ4v) is 5.09. The van der Waals surface area contributed by atoms with Crippen molar-refractivity contribution in [3.63, 3.8) is 0 Å². The average molecular weight is 366 g/mol. The van der Waals surface area contributed by atoms with Gasteiger partial charge in [0.2, 0.25) is 0 Å². The van der Waals surface area contributed by atoms with Crippen molar-refractivity contribution in [3.8, 4) is 0 Å². The Hall–Kier alpha value is -2.27. The lowest BCUT2D eigenvalue weighted by Gasteiger charge is -2.28. The molecule has 0 aromatic carbocycles. The van der Waals surface area contributed by atoms with Gasteiger partial charge in [-0.1, -0.05) is 30.6 Å². The van der Waals surface area contributed by atoms with Crippen molar-refractivity contribution in [2.24, 2.45) is 10.9 Å². The number of allylic oxidation sites excluding steroid dienone is 3. The first-order valence-electron chi connectivity index (χ1n) is 9.07. The molecule has 1 unspecified atom stereocenters. The summed E-state index contributed by atoms with van der Waals surface area (Å²) in [5.41, 5.74) is 2.77. The number of fused-ring (bicyclic) bond motifs is 1. The van der Waals surface area contributed by atoms with Crippen LogP contribution < -0.4 is 5.32 Å². The van der Waals surface area contributed by atoms with Crippen molar-refractivity contribution < 1.29 is 9.59 Å². The Kier molecular flexibility index (Phi) is 4.27. The number of thiophene rings is 1. The van der Waals surface area contributed by atoms with E-state index in [-0.39, 0.29) is 17.7 Å². The van der Waals surface area contributed by atoms with Crippen molar-refractivity contribution in [2.75, 3.05) is 0 Å². The predicted molar refractivity (Wildman–Crippen MR) is 104 cm³/mol. The monoisotopic (exact) mass is 366 g/mol. The summed E-state index contributed by atoms with van der Waals surface area (Å²) in [6.07, 6.45) is 9.62. The third-order valence-electron chi connectivity index (χ3n) is 5.84. The Balaban J connectivity index is 1.66. The fraction of sp³-hybridized carbons (Fsp3) is 0.381. The second-order valence-corrected chi connectivity index (χ2v) is 8.25. The molecule has 0 spiro atoms. The number of carbonyl (C=O) groups excluding carboxylic acids is 2. The summed E-state index contributed by atoms with van der Waals surface area (Å²) >= 11 is 1.64. The van der Waals surface area contributed by atoms with Gasteiger partial charge >= 0.3 is 0 Å².